The smallest absolute Gasteiger partial charge is 0.189 e. The normalized spacial score (nSPS) is 18.5. The van der Waals surface area contributed by atoms with Gasteiger partial charge in [-0.05, 0) is 22.0 Å². The summed E-state index contributed by atoms with van der Waals surface area (Å²) < 4.78 is 27.6. The van der Waals surface area contributed by atoms with Gasteiger partial charge in [-0.15, -0.1) is 0 Å². The number of Topliss-reactive ketones (excluding diaryl/α,β-unsaturated/α-hetero) is 1. The van der Waals surface area contributed by atoms with Crippen LogP contribution in [0.5, 0.6) is 11.5 Å². The van der Waals surface area contributed by atoms with Gasteiger partial charge in [-0.25, -0.2) is 0 Å². The third kappa shape index (κ3) is 3.12. The zero-order valence-electron chi connectivity index (χ0n) is 12.2. The topological polar surface area (TPSA) is 63.2 Å². The van der Waals surface area contributed by atoms with Gasteiger partial charge in [0.2, 0.25) is 0 Å². The fourth-order valence-corrected chi connectivity index (χ4v) is 2.86. The zero-order chi connectivity index (χ0) is 15.6. The molecule has 1 aromatic carbocycles. The van der Waals surface area contributed by atoms with Gasteiger partial charge in [0.1, 0.15) is 11.5 Å². The molecule has 0 radical (unpaired) electrons. The van der Waals surface area contributed by atoms with Gasteiger partial charge in [0, 0.05) is 13.2 Å². The fraction of sp³-hybridized carbons (Fsp3) is 0.533. The van der Waals surface area contributed by atoms with Gasteiger partial charge >= 0.3 is 0 Å². The van der Waals surface area contributed by atoms with E-state index in [9.17, 15) is 4.79 Å². The minimum absolute atomic E-state index is 0.0631. The molecule has 7 heteroatoms. The Balaban J connectivity index is 1.71. The number of hydrogen-bond acceptors (Lipinski definition) is 6. The van der Waals surface area contributed by atoms with Gasteiger partial charge < -0.3 is 23.7 Å². The summed E-state index contributed by atoms with van der Waals surface area (Å²) in [5, 5.41) is 0. The Labute approximate surface area is 136 Å². The largest absolute Gasteiger partial charge is 0.481 e. The highest BCUT2D eigenvalue weighted by Gasteiger charge is 2.47. The fourth-order valence-electron chi connectivity index (χ4n) is 2.40. The van der Waals surface area contributed by atoms with Crippen molar-refractivity contribution in [3.63, 3.8) is 0 Å². The van der Waals surface area contributed by atoms with Gasteiger partial charge in [0.25, 0.3) is 0 Å². The van der Waals surface area contributed by atoms with E-state index in [0.717, 1.165) is 0 Å². The van der Waals surface area contributed by atoms with Crippen LogP contribution in [0.4, 0.5) is 0 Å². The van der Waals surface area contributed by atoms with E-state index in [4.69, 9.17) is 23.7 Å². The third-order valence-corrected chi connectivity index (χ3v) is 4.22. The molecule has 1 fully saturated rings. The molecule has 6 nitrogen and oxygen atoms in total. The van der Waals surface area contributed by atoms with Crippen molar-refractivity contribution in [3.05, 3.63) is 22.2 Å². The van der Waals surface area contributed by atoms with Crippen molar-refractivity contribution in [2.24, 2.45) is 0 Å². The molecule has 3 rings (SSSR count). The maximum atomic E-state index is 12.3. The number of hydrogen-bond donors (Lipinski definition) is 0. The Kier molecular flexibility index (Phi) is 4.67. The summed E-state index contributed by atoms with van der Waals surface area (Å²) in [5.74, 6) is 1.17. The highest BCUT2D eigenvalue weighted by Crippen LogP contribution is 2.41. The number of rotatable bonds is 6. The van der Waals surface area contributed by atoms with E-state index in [1.807, 2.05) is 0 Å². The van der Waals surface area contributed by atoms with Gasteiger partial charge in [-0.2, -0.15) is 0 Å². The summed E-state index contributed by atoms with van der Waals surface area (Å²) in [4.78, 5) is 12.3. The molecule has 1 saturated heterocycles. The summed E-state index contributed by atoms with van der Waals surface area (Å²) >= 11 is 3.41. The Bertz CT molecular complexity index is 569. The SMILES string of the molecule is COCCOCOc1cc2c(cc1Br)C(=O)CC1(COC1)O2. The van der Waals surface area contributed by atoms with Crippen LogP contribution in [0.3, 0.4) is 0 Å². The molecule has 2 aliphatic heterocycles. The first-order chi connectivity index (χ1) is 10.6. The first-order valence-electron chi connectivity index (χ1n) is 6.96. The predicted molar refractivity (Wildman–Crippen MR) is 80.6 cm³/mol. The van der Waals surface area contributed by atoms with Crippen molar-refractivity contribution in [2.75, 3.05) is 40.3 Å². The molecule has 0 aliphatic carbocycles. The highest BCUT2D eigenvalue weighted by atomic mass is 79.9. The molecule has 120 valence electrons. The molecule has 0 N–H and O–H groups in total. The van der Waals surface area contributed by atoms with Gasteiger partial charge in [0.15, 0.2) is 18.2 Å². The molecule has 22 heavy (non-hydrogen) atoms. The van der Waals surface area contributed by atoms with Crippen molar-refractivity contribution in [1.29, 1.82) is 0 Å². The number of benzene rings is 1. The predicted octanol–water partition coefficient (Wildman–Crippen LogP) is 2.18. The Morgan fingerprint density at radius 1 is 1.32 bits per heavy atom. The van der Waals surface area contributed by atoms with E-state index >= 15 is 0 Å². The molecule has 0 saturated carbocycles. The molecule has 1 aromatic rings. The van der Waals surface area contributed by atoms with Crippen LogP contribution in [0.2, 0.25) is 0 Å². The molecule has 2 aliphatic rings. The van der Waals surface area contributed by atoms with Crippen molar-refractivity contribution in [2.45, 2.75) is 12.0 Å². The molecule has 0 bridgehead atoms. The first kappa shape index (κ1) is 15.7. The van der Waals surface area contributed by atoms with Gasteiger partial charge in [0.05, 0.1) is 42.9 Å². The first-order valence-corrected chi connectivity index (χ1v) is 7.76. The molecular weight excluding hydrogens is 356 g/mol. The van der Waals surface area contributed by atoms with Crippen LogP contribution < -0.4 is 9.47 Å². The van der Waals surface area contributed by atoms with E-state index in [1.54, 1.807) is 19.2 Å². The minimum atomic E-state index is -0.496. The standard InChI is InChI=1S/C15H17BrO6/c1-18-2-3-19-9-21-14-5-13-10(4-11(14)16)12(17)6-15(22-13)7-20-8-15/h4-5H,2-3,6-9H2,1H3. The second kappa shape index (κ2) is 6.54. The van der Waals surface area contributed by atoms with Crippen LogP contribution in [0.1, 0.15) is 16.8 Å². The molecule has 1 spiro atoms. The maximum Gasteiger partial charge on any atom is 0.189 e. The molecule has 0 unspecified atom stereocenters. The number of halogens is 1. The van der Waals surface area contributed by atoms with Crippen LogP contribution in [0.15, 0.2) is 16.6 Å². The van der Waals surface area contributed by atoms with E-state index in [2.05, 4.69) is 15.9 Å². The van der Waals surface area contributed by atoms with Crippen molar-refractivity contribution >= 4 is 21.7 Å². The van der Waals surface area contributed by atoms with Crippen molar-refractivity contribution in [3.8, 4) is 11.5 Å². The summed E-state index contributed by atoms with van der Waals surface area (Å²) in [6.45, 7) is 1.96. The minimum Gasteiger partial charge on any atom is -0.481 e. The Hall–Kier alpha value is -1.15. The average molecular weight is 373 g/mol. The molecular formula is C15H17BrO6. The van der Waals surface area contributed by atoms with Crippen LogP contribution in [-0.4, -0.2) is 51.7 Å². The van der Waals surface area contributed by atoms with E-state index < -0.39 is 5.60 Å². The monoisotopic (exact) mass is 372 g/mol. The van der Waals surface area contributed by atoms with Crippen LogP contribution >= 0.6 is 15.9 Å². The second-order valence-electron chi connectivity index (χ2n) is 5.32. The summed E-state index contributed by atoms with van der Waals surface area (Å²) in [6.07, 6.45) is 0.354. The van der Waals surface area contributed by atoms with Crippen LogP contribution in [0.25, 0.3) is 0 Å². The number of carbonyl (C=O) groups is 1. The third-order valence-electron chi connectivity index (χ3n) is 3.60. The Morgan fingerprint density at radius 2 is 2.14 bits per heavy atom. The lowest BCUT2D eigenvalue weighted by Gasteiger charge is -2.43. The number of carbonyl (C=O) groups excluding carboxylic acids is 1. The number of ether oxygens (including phenoxy) is 5. The number of methoxy groups -OCH3 is 1. The molecule has 0 amide bonds. The summed E-state index contributed by atoms with van der Waals surface area (Å²) in [6, 6.07) is 3.45. The quantitative estimate of drug-likeness (QED) is 0.563. The van der Waals surface area contributed by atoms with E-state index in [0.29, 0.717) is 54.4 Å². The maximum absolute atomic E-state index is 12.3. The van der Waals surface area contributed by atoms with Crippen molar-refractivity contribution in [1.82, 2.24) is 0 Å². The summed E-state index contributed by atoms with van der Waals surface area (Å²) in [5.41, 5.74) is 0.0708. The molecule has 0 atom stereocenters. The highest BCUT2D eigenvalue weighted by molar-refractivity contribution is 9.10. The second-order valence-corrected chi connectivity index (χ2v) is 6.17. The van der Waals surface area contributed by atoms with E-state index in [1.165, 1.54) is 0 Å². The van der Waals surface area contributed by atoms with Gasteiger partial charge in [-0.3, -0.25) is 4.79 Å². The lowest BCUT2D eigenvalue weighted by atomic mass is 9.88. The lowest BCUT2D eigenvalue weighted by Crippen LogP contribution is -2.57. The van der Waals surface area contributed by atoms with Gasteiger partial charge in [-0.1, -0.05) is 0 Å². The Morgan fingerprint density at radius 3 is 2.82 bits per heavy atom. The van der Waals surface area contributed by atoms with Crippen LogP contribution in [-0.2, 0) is 14.2 Å². The lowest BCUT2D eigenvalue weighted by molar-refractivity contribution is -0.162. The average Bonchev–Trinajstić information content (AvgIpc) is 2.46. The van der Waals surface area contributed by atoms with Crippen LogP contribution in [0, 0.1) is 0 Å². The number of fused-ring (bicyclic) bond motifs is 1. The zero-order valence-corrected chi connectivity index (χ0v) is 13.8. The molecule has 2 heterocycles. The summed E-state index contributed by atoms with van der Waals surface area (Å²) in [7, 11) is 1.61. The molecule has 0 aromatic heterocycles. The van der Waals surface area contributed by atoms with Crippen molar-refractivity contribution < 1.29 is 28.5 Å². The van der Waals surface area contributed by atoms with E-state index in [-0.39, 0.29) is 12.6 Å². The number of ketones is 1.